The number of carbonyl (C=O) groups is 4. The third-order valence-electron chi connectivity index (χ3n) is 12.4. The monoisotopic (exact) mass is 850 g/mol. The minimum atomic E-state index is -0.778. The molecule has 7 rings (SSSR count). The minimum absolute atomic E-state index is 0.0319. The number of fused-ring (bicyclic) bond motifs is 6. The van der Waals surface area contributed by atoms with Gasteiger partial charge in [0.2, 0.25) is 11.8 Å². The number of likely N-dealkylation sites (tertiary alicyclic amines) is 1. The highest BCUT2D eigenvalue weighted by Crippen LogP contribution is 2.43. The van der Waals surface area contributed by atoms with Crippen LogP contribution in [0, 0.1) is 5.92 Å². The lowest BCUT2D eigenvalue weighted by atomic mass is 9.92. The maximum absolute atomic E-state index is 14.0. The highest BCUT2D eigenvalue weighted by Gasteiger charge is 2.41. The molecule has 0 bridgehead atoms. The van der Waals surface area contributed by atoms with E-state index in [4.69, 9.17) is 28.9 Å². The van der Waals surface area contributed by atoms with Gasteiger partial charge in [0.25, 0.3) is 0 Å². The Bertz CT molecular complexity index is 2460. The number of H-pyrrole nitrogens is 2. The maximum Gasteiger partial charge on any atom is 0.407 e. The second-order valence-corrected chi connectivity index (χ2v) is 16.6. The number of rotatable bonds is 14. The number of nitrogens with zero attached hydrogens (tertiary/aromatic N) is 4. The summed E-state index contributed by atoms with van der Waals surface area (Å²) in [4.78, 5) is 72.7. The molecule has 330 valence electrons. The summed E-state index contributed by atoms with van der Waals surface area (Å²) in [6.07, 6.45) is 3.04. The molecule has 6 atom stereocenters. The topological polar surface area (TPSA) is 193 Å². The summed E-state index contributed by atoms with van der Waals surface area (Å²) in [6.45, 7) is 12.3. The van der Waals surface area contributed by atoms with E-state index in [9.17, 15) is 19.2 Å². The fourth-order valence-electron chi connectivity index (χ4n) is 8.94. The zero-order valence-corrected chi connectivity index (χ0v) is 37.0. The normalized spacial score (nSPS) is 17.7. The molecule has 0 spiro atoms. The number of carbonyl (C=O) groups excluding carboxylic acids is 4. The van der Waals surface area contributed by atoms with Gasteiger partial charge in [-0.2, -0.15) is 0 Å². The fourth-order valence-corrected chi connectivity index (χ4v) is 8.94. The number of alkyl carbamates (subject to hydrolysis) is 2. The number of amides is 4. The quantitative estimate of drug-likeness (QED) is 0.0867. The second kappa shape index (κ2) is 18.4. The van der Waals surface area contributed by atoms with Crippen molar-refractivity contribution in [1.29, 1.82) is 0 Å². The van der Waals surface area contributed by atoms with E-state index in [-0.39, 0.29) is 35.9 Å². The lowest BCUT2D eigenvalue weighted by Gasteiger charge is -2.37. The number of hydrogen-bond donors (Lipinski definition) is 4. The molecule has 62 heavy (non-hydrogen) atoms. The van der Waals surface area contributed by atoms with Crippen LogP contribution in [0.1, 0.15) is 96.5 Å². The molecule has 0 aliphatic carbocycles. The van der Waals surface area contributed by atoms with Gasteiger partial charge >= 0.3 is 12.2 Å². The van der Waals surface area contributed by atoms with Crippen LogP contribution in [-0.4, -0.2) is 106 Å². The summed E-state index contributed by atoms with van der Waals surface area (Å²) in [5, 5.41) is 7.35. The maximum atomic E-state index is 14.0. The van der Waals surface area contributed by atoms with Crippen molar-refractivity contribution in [3.05, 3.63) is 65.9 Å². The zero-order valence-electron chi connectivity index (χ0n) is 37.0. The molecule has 2 aliphatic heterocycles. The van der Waals surface area contributed by atoms with Gasteiger partial charge in [0.15, 0.2) is 0 Å². The van der Waals surface area contributed by atoms with Crippen LogP contribution >= 0.6 is 0 Å². The van der Waals surface area contributed by atoms with Gasteiger partial charge in [0.1, 0.15) is 36.1 Å². The molecule has 5 aromatic rings. The van der Waals surface area contributed by atoms with Crippen molar-refractivity contribution < 1.29 is 38.1 Å². The third kappa shape index (κ3) is 8.39. The molecule has 3 aromatic carbocycles. The fraction of sp³-hybridized carbons (Fsp3) is 0.478. The van der Waals surface area contributed by atoms with E-state index in [1.54, 1.807) is 18.2 Å². The summed E-state index contributed by atoms with van der Waals surface area (Å²) in [5.41, 5.74) is 6.43. The average Bonchev–Trinajstić information content (AvgIpc) is 4.04. The van der Waals surface area contributed by atoms with Crippen molar-refractivity contribution in [2.75, 3.05) is 27.9 Å². The Morgan fingerprint density at radius 2 is 1.69 bits per heavy atom. The van der Waals surface area contributed by atoms with Gasteiger partial charge < -0.3 is 49.3 Å². The smallest absolute Gasteiger partial charge is 0.407 e. The van der Waals surface area contributed by atoms with Gasteiger partial charge in [-0.05, 0) is 91.8 Å². The molecular weight excluding hydrogens is 793 g/mol. The number of aromatic nitrogens is 4. The van der Waals surface area contributed by atoms with Crippen LogP contribution in [0.2, 0.25) is 0 Å². The zero-order chi connectivity index (χ0) is 44.4. The van der Waals surface area contributed by atoms with E-state index in [0.717, 1.165) is 68.3 Å². The predicted molar refractivity (Wildman–Crippen MR) is 234 cm³/mol. The first-order valence-electron chi connectivity index (χ1n) is 21.4. The van der Waals surface area contributed by atoms with Crippen molar-refractivity contribution in [1.82, 2.24) is 40.4 Å². The summed E-state index contributed by atoms with van der Waals surface area (Å²) in [7, 11) is 4.17. The molecule has 0 saturated carbocycles. The third-order valence-corrected chi connectivity index (χ3v) is 12.4. The number of hydrogen-bond acceptors (Lipinski definition) is 10. The van der Waals surface area contributed by atoms with Crippen LogP contribution in [0.25, 0.3) is 44.2 Å². The summed E-state index contributed by atoms with van der Waals surface area (Å²) in [5.74, 6) is 1.52. The first kappa shape index (κ1) is 43.9. The molecule has 2 aliphatic rings. The number of nitrogens with one attached hydrogen (secondary N) is 4. The number of methoxy groups -OCH3 is 3. The molecule has 16 nitrogen and oxygen atoms in total. The highest BCUT2D eigenvalue weighted by atomic mass is 16.5. The van der Waals surface area contributed by atoms with E-state index in [1.807, 2.05) is 52.5 Å². The second-order valence-electron chi connectivity index (χ2n) is 16.6. The minimum Gasteiger partial charge on any atom is -0.488 e. The van der Waals surface area contributed by atoms with Gasteiger partial charge in [0, 0.05) is 24.1 Å². The Kier molecular flexibility index (Phi) is 13.1. The standard InChI is InChI=1S/C46H58N8O8/c1-10-30(23-59-7)54(43(55)34(11-2)50-45(57)60-8)26(6)41-47-21-36(49-41)28-13-15-31-29(18-28)22-62-38-20-32-27(19-33(31)38)14-16-35-40(32)51-42(48-35)37-17-12-25(5)53(37)44(56)39(24(3)4)52-46(58)61-9/h13-16,18-21,24-26,30,34,37,39H,10-12,17,22-23H2,1-9H3,(H,47,49)(H,48,51)(H,50,57)(H,52,58). The molecular formula is C46H58N8O8. The van der Waals surface area contributed by atoms with E-state index >= 15 is 0 Å². The van der Waals surface area contributed by atoms with Gasteiger partial charge in [-0.15, -0.1) is 0 Å². The van der Waals surface area contributed by atoms with Crippen molar-refractivity contribution in [3.8, 4) is 28.1 Å². The van der Waals surface area contributed by atoms with Crippen LogP contribution in [0.15, 0.2) is 48.7 Å². The van der Waals surface area contributed by atoms with Crippen LogP contribution in [-0.2, 0) is 30.4 Å². The lowest BCUT2D eigenvalue weighted by Crippen LogP contribution is -2.53. The molecule has 0 radical (unpaired) electrons. The van der Waals surface area contributed by atoms with Crippen molar-refractivity contribution in [3.63, 3.8) is 0 Å². The molecule has 6 unspecified atom stereocenters. The van der Waals surface area contributed by atoms with Gasteiger partial charge in [-0.1, -0.05) is 45.9 Å². The Hall–Kier alpha value is -6.16. The van der Waals surface area contributed by atoms with Gasteiger partial charge in [0.05, 0.1) is 61.9 Å². The van der Waals surface area contributed by atoms with Crippen molar-refractivity contribution >= 4 is 45.8 Å². The SMILES string of the molecule is CCC(NC(=O)OC)C(=O)N(C(CC)COC)C(C)c1ncc(-c2ccc3c(c2)COc2cc4c(ccc5[nH]c(C6CCC(C)N6C(=O)C(NC(=O)OC)C(C)C)nc54)cc2-3)[nH]1. The Morgan fingerprint density at radius 3 is 2.39 bits per heavy atom. The molecule has 1 fully saturated rings. The van der Waals surface area contributed by atoms with Crippen LogP contribution < -0.4 is 15.4 Å². The van der Waals surface area contributed by atoms with Crippen LogP contribution in [0.4, 0.5) is 9.59 Å². The number of imidazole rings is 2. The summed E-state index contributed by atoms with van der Waals surface area (Å²) >= 11 is 0. The van der Waals surface area contributed by atoms with Crippen LogP contribution in [0.3, 0.4) is 0 Å². The van der Waals surface area contributed by atoms with Crippen molar-refractivity contribution in [2.45, 2.75) is 110 Å². The van der Waals surface area contributed by atoms with Gasteiger partial charge in [-0.25, -0.2) is 19.6 Å². The predicted octanol–water partition coefficient (Wildman–Crippen LogP) is 7.55. The largest absolute Gasteiger partial charge is 0.488 e. The Morgan fingerprint density at radius 1 is 0.935 bits per heavy atom. The van der Waals surface area contributed by atoms with Crippen molar-refractivity contribution in [2.24, 2.45) is 5.92 Å². The van der Waals surface area contributed by atoms with E-state index < -0.39 is 30.3 Å². The van der Waals surface area contributed by atoms with E-state index in [0.29, 0.717) is 37.7 Å². The molecule has 4 heterocycles. The Balaban J connectivity index is 1.15. The number of benzene rings is 3. The first-order valence-corrected chi connectivity index (χ1v) is 21.4. The molecule has 16 heteroatoms. The highest BCUT2D eigenvalue weighted by molar-refractivity contribution is 6.07. The first-order chi connectivity index (χ1) is 29.8. The van der Waals surface area contributed by atoms with Gasteiger partial charge in [-0.3, -0.25) is 9.59 Å². The lowest BCUT2D eigenvalue weighted by molar-refractivity contribution is -0.140. The summed E-state index contributed by atoms with van der Waals surface area (Å²) < 4.78 is 21.5. The average molecular weight is 851 g/mol. The number of ether oxygens (including phenoxy) is 4. The molecule has 1 saturated heterocycles. The number of aromatic amines is 2. The summed E-state index contributed by atoms with van der Waals surface area (Å²) in [6, 6.07) is 12.0. The van der Waals surface area contributed by atoms with E-state index in [1.165, 1.54) is 14.2 Å². The Labute approximate surface area is 361 Å². The van der Waals surface area contributed by atoms with E-state index in [2.05, 4.69) is 57.0 Å². The molecule has 4 N–H and O–H groups in total. The molecule has 4 amide bonds. The molecule has 2 aromatic heterocycles. The van der Waals surface area contributed by atoms with Crippen LogP contribution in [0.5, 0.6) is 5.75 Å².